The zero-order chi connectivity index (χ0) is 12.4. The van der Waals surface area contributed by atoms with Crippen molar-refractivity contribution in [1.29, 1.82) is 0 Å². The molecule has 1 aromatic carbocycles. The fourth-order valence-electron chi connectivity index (χ4n) is 1.79. The van der Waals surface area contributed by atoms with Crippen molar-refractivity contribution in [3.05, 3.63) is 54.4 Å². The largest absolute Gasteiger partial charge is 0.458 e. The lowest BCUT2D eigenvalue weighted by molar-refractivity contribution is 0.521. The Bertz CT molecular complexity index is 642. The summed E-state index contributed by atoms with van der Waals surface area (Å²) in [5.74, 6) is 1.45. The highest BCUT2D eigenvalue weighted by molar-refractivity contribution is 5.54. The van der Waals surface area contributed by atoms with Crippen LogP contribution in [0.25, 0.3) is 17.1 Å². The van der Waals surface area contributed by atoms with Crippen LogP contribution in [0.5, 0.6) is 0 Å². The van der Waals surface area contributed by atoms with Crippen molar-refractivity contribution in [2.45, 2.75) is 6.54 Å². The summed E-state index contributed by atoms with van der Waals surface area (Å²) in [6, 6.07) is 13.5. The summed E-state index contributed by atoms with van der Waals surface area (Å²) < 4.78 is 7.35. The van der Waals surface area contributed by atoms with Gasteiger partial charge in [0, 0.05) is 0 Å². The smallest absolute Gasteiger partial charge is 0.154 e. The summed E-state index contributed by atoms with van der Waals surface area (Å²) in [5.41, 5.74) is 7.28. The molecule has 0 aliphatic heterocycles. The Labute approximate surface area is 104 Å². The number of rotatable bonds is 3. The van der Waals surface area contributed by atoms with Crippen molar-refractivity contribution in [3.63, 3.8) is 0 Å². The maximum absolute atomic E-state index is 5.61. The highest BCUT2D eigenvalue weighted by Crippen LogP contribution is 2.23. The fourth-order valence-corrected chi connectivity index (χ4v) is 1.79. The third-order valence-corrected chi connectivity index (χ3v) is 2.67. The fraction of sp³-hybridized carbons (Fsp3) is 0.0769. The summed E-state index contributed by atoms with van der Waals surface area (Å²) in [5, 5.41) is 8.01. The number of benzene rings is 1. The van der Waals surface area contributed by atoms with Crippen molar-refractivity contribution in [1.82, 2.24) is 15.0 Å². The summed E-state index contributed by atoms with van der Waals surface area (Å²) in [7, 11) is 0. The number of para-hydroxylation sites is 1. The van der Waals surface area contributed by atoms with E-state index in [1.54, 1.807) is 10.9 Å². The molecule has 2 N–H and O–H groups in total. The third-order valence-electron chi connectivity index (χ3n) is 2.67. The van der Waals surface area contributed by atoms with Gasteiger partial charge in [0.15, 0.2) is 5.76 Å². The van der Waals surface area contributed by atoms with E-state index in [1.165, 1.54) is 0 Å². The average Bonchev–Trinajstić information content (AvgIpc) is 3.08. The van der Waals surface area contributed by atoms with Crippen LogP contribution >= 0.6 is 0 Å². The van der Waals surface area contributed by atoms with Gasteiger partial charge in [-0.1, -0.05) is 23.4 Å². The number of furan rings is 1. The standard InChI is InChI=1S/C13H12N4O/c14-8-11-6-7-13(18-11)12-9-15-16-17(12)10-4-2-1-3-5-10/h1-7,9H,8,14H2. The number of nitrogens with zero attached hydrogens (tertiary/aromatic N) is 3. The minimum absolute atomic E-state index is 0.382. The monoisotopic (exact) mass is 240 g/mol. The molecular weight excluding hydrogens is 228 g/mol. The highest BCUT2D eigenvalue weighted by Gasteiger charge is 2.11. The van der Waals surface area contributed by atoms with Crippen molar-refractivity contribution in [3.8, 4) is 17.1 Å². The quantitative estimate of drug-likeness (QED) is 0.760. The Morgan fingerprint density at radius 1 is 1.11 bits per heavy atom. The van der Waals surface area contributed by atoms with E-state index < -0.39 is 0 Å². The van der Waals surface area contributed by atoms with Gasteiger partial charge in [0.25, 0.3) is 0 Å². The first-order valence-electron chi connectivity index (χ1n) is 5.64. The van der Waals surface area contributed by atoms with Crippen molar-refractivity contribution in [2.24, 2.45) is 5.73 Å². The Hall–Kier alpha value is -2.40. The summed E-state index contributed by atoms with van der Waals surface area (Å²) in [6.07, 6.45) is 1.67. The van der Waals surface area contributed by atoms with Gasteiger partial charge < -0.3 is 10.2 Å². The lowest BCUT2D eigenvalue weighted by atomic mass is 10.3. The second-order valence-corrected chi connectivity index (χ2v) is 3.84. The Balaban J connectivity index is 2.07. The second-order valence-electron chi connectivity index (χ2n) is 3.84. The van der Waals surface area contributed by atoms with Gasteiger partial charge in [-0.15, -0.1) is 5.10 Å². The van der Waals surface area contributed by atoms with Gasteiger partial charge in [-0.3, -0.25) is 0 Å². The lowest BCUT2D eigenvalue weighted by Crippen LogP contribution is -1.98. The predicted molar refractivity (Wildman–Crippen MR) is 67.0 cm³/mol. The third kappa shape index (κ3) is 1.80. The van der Waals surface area contributed by atoms with Gasteiger partial charge in [0.2, 0.25) is 0 Å². The molecule has 18 heavy (non-hydrogen) atoms. The van der Waals surface area contributed by atoms with Crippen LogP contribution in [-0.4, -0.2) is 15.0 Å². The predicted octanol–water partition coefficient (Wildman–Crippen LogP) is 1.99. The molecule has 0 unspecified atom stereocenters. The number of aromatic nitrogens is 3. The maximum Gasteiger partial charge on any atom is 0.154 e. The second kappa shape index (κ2) is 4.46. The average molecular weight is 240 g/mol. The summed E-state index contributed by atoms with van der Waals surface area (Å²) in [6.45, 7) is 0.382. The molecule has 2 aromatic heterocycles. The van der Waals surface area contributed by atoms with E-state index in [1.807, 2.05) is 42.5 Å². The van der Waals surface area contributed by atoms with E-state index in [0.29, 0.717) is 12.3 Å². The zero-order valence-corrected chi connectivity index (χ0v) is 9.65. The van der Waals surface area contributed by atoms with Gasteiger partial charge in [-0.05, 0) is 24.3 Å². The first-order valence-corrected chi connectivity index (χ1v) is 5.64. The van der Waals surface area contributed by atoms with E-state index in [-0.39, 0.29) is 0 Å². The van der Waals surface area contributed by atoms with Gasteiger partial charge >= 0.3 is 0 Å². The van der Waals surface area contributed by atoms with Gasteiger partial charge in [0.1, 0.15) is 11.5 Å². The van der Waals surface area contributed by atoms with Gasteiger partial charge in [0.05, 0.1) is 18.4 Å². The number of nitrogens with two attached hydrogens (primary N) is 1. The molecule has 0 fully saturated rings. The molecule has 2 heterocycles. The molecule has 3 rings (SSSR count). The Kier molecular flexibility index (Phi) is 2.66. The molecular formula is C13H12N4O. The summed E-state index contributed by atoms with van der Waals surface area (Å²) >= 11 is 0. The van der Waals surface area contributed by atoms with Crippen molar-refractivity contribution < 1.29 is 4.42 Å². The molecule has 0 aliphatic rings. The van der Waals surface area contributed by atoms with Gasteiger partial charge in [-0.2, -0.15) is 0 Å². The van der Waals surface area contributed by atoms with Crippen LogP contribution in [0.15, 0.2) is 53.1 Å². The van der Waals surface area contributed by atoms with Crippen LogP contribution in [0.3, 0.4) is 0 Å². The number of hydrogen-bond donors (Lipinski definition) is 1. The van der Waals surface area contributed by atoms with Crippen LogP contribution in [0.2, 0.25) is 0 Å². The lowest BCUT2D eigenvalue weighted by Gasteiger charge is -2.03. The van der Waals surface area contributed by atoms with Crippen LogP contribution in [0, 0.1) is 0 Å². The molecule has 0 saturated carbocycles. The van der Waals surface area contributed by atoms with E-state index in [0.717, 1.165) is 17.1 Å². The molecule has 3 aromatic rings. The molecule has 0 radical (unpaired) electrons. The van der Waals surface area contributed by atoms with Crippen LogP contribution in [0.1, 0.15) is 5.76 Å². The van der Waals surface area contributed by atoms with Crippen molar-refractivity contribution >= 4 is 0 Å². The zero-order valence-electron chi connectivity index (χ0n) is 9.65. The van der Waals surface area contributed by atoms with E-state index in [9.17, 15) is 0 Å². The van der Waals surface area contributed by atoms with E-state index >= 15 is 0 Å². The van der Waals surface area contributed by atoms with E-state index in [4.69, 9.17) is 10.2 Å². The first kappa shape index (κ1) is 10.7. The highest BCUT2D eigenvalue weighted by atomic mass is 16.3. The molecule has 5 nitrogen and oxygen atoms in total. The van der Waals surface area contributed by atoms with E-state index in [2.05, 4.69) is 10.3 Å². The topological polar surface area (TPSA) is 69.9 Å². The summed E-state index contributed by atoms with van der Waals surface area (Å²) in [4.78, 5) is 0. The molecule has 0 atom stereocenters. The molecule has 0 saturated heterocycles. The minimum atomic E-state index is 0.382. The van der Waals surface area contributed by atoms with Crippen molar-refractivity contribution in [2.75, 3.05) is 0 Å². The number of hydrogen-bond acceptors (Lipinski definition) is 4. The molecule has 0 amide bonds. The van der Waals surface area contributed by atoms with Crippen LogP contribution in [-0.2, 0) is 6.54 Å². The minimum Gasteiger partial charge on any atom is -0.458 e. The van der Waals surface area contributed by atoms with Gasteiger partial charge in [-0.25, -0.2) is 4.68 Å². The molecule has 0 aliphatic carbocycles. The van der Waals surface area contributed by atoms with Crippen LogP contribution in [0.4, 0.5) is 0 Å². The first-order chi connectivity index (χ1) is 8.88. The normalized spacial score (nSPS) is 10.7. The molecule has 0 bridgehead atoms. The Morgan fingerprint density at radius 3 is 2.67 bits per heavy atom. The molecule has 0 spiro atoms. The Morgan fingerprint density at radius 2 is 1.94 bits per heavy atom. The molecule has 90 valence electrons. The molecule has 5 heteroatoms. The SMILES string of the molecule is NCc1ccc(-c2cnnn2-c2ccccc2)o1. The van der Waals surface area contributed by atoms with Crippen LogP contribution < -0.4 is 5.73 Å². The maximum atomic E-state index is 5.61.